The number of nitrogens with zero attached hydrogens (tertiary/aromatic N) is 1. The number of furan rings is 1. The molecular formula is C23H26N2O5S. The first kappa shape index (κ1) is 20.5. The fourth-order valence-corrected chi connectivity index (χ4v) is 6.82. The largest absolute Gasteiger partial charge is 0.456 e. The van der Waals surface area contributed by atoms with E-state index in [-0.39, 0.29) is 35.1 Å². The molecule has 164 valence electrons. The number of para-hydroxylation sites is 1. The van der Waals surface area contributed by atoms with Crippen molar-refractivity contribution in [2.45, 2.75) is 36.6 Å². The van der Waals surface area contributed by atoms with Crippen LogP contribution in [-0.4, -0.2) is 39.6 Å². The second-order valence-corrected chi connectivity index (χ2v) is 10.4. The van der Waals surface area contributed by atoms with Gasteiger partial charge in [0.2, 0.25) is 15.9 Å². The quantitative estimate of drug-likeness (QED) is 0.588. The van der Waals surface area contributed by atoms with Crippen molar-refractivity contribution in [1.82, 2.24) is 9.79 Å². The molecule has 2 aliphatic carbocycles. The second-order valence-electron chi connectivity index (χ2n) is 8.68. The van der Waals surface area contributed by atoms with Gasteiger partial charge in [0.25, 0.3) is 0 Å². The number of rotatable bonds is 6. The summed E-state index contributed by atoms with van der Waals surface area (Å²) < 4.78 is 35.4. The van der Waals surface area contributed by atoms with Gasteiger partial charge in [-0.2, -0.15) is 0 Å². The number of carbonyl (C=O) groups excluding carboxylic acids is 1. The molecule has 2 bridgehead atoms. The Labute approximate surface area is 181 Å². The Balaban J connectivity index is 1.44. The zero-order valence-electron chi connectivity index (χ0n) is 17.6. The molecule has 2 fully saturated rings. The van der Waals surface area contributed by atoms with Gasteiger partial charge in [0.1, 0.15) is 11.2 Å². The Hall–Kier alpha value is -2.42. The van der Waals surface area contributed by atoms with Crippen LogP contribution in [0.4, 0.5) is 0 Å². The minimum atomic E-state index is -3.75. The summed E-state index contributed by atoms with van der Waals surface area (Å²) in [7, 11) is -0.711. The SMILES string of the molecule is CON(C)C(=O)C[C@@H]1[C@H]2CC[C@H](C2)[C@H]1NS(=O)(=O)c1ccc2oc3ccccc3c2c1. The number of hydrogen-bond acceptors (Lipinski definition) is 5. The lowest BCUT2D eigenvalue weighted by Crippen LogP contribution is -2.45. The summed E-state index contributed by atoms with van der Waals surface area (Å²) >= 11 is 0. The Bertz CT molecular complexity index is 1250. The van der Waals surface area contributed by atoms with Crippen molar-refractivity contribution >= 4 is 37.9 Å². The van der Waals surface area contributed by atoms with Crippen LogP contribution in [0.5, 0.6) is 0 Å². The van der Waals surface area contributed by atoms with E-state index in [2.05, 4.69) is 4.72 Å². The van der Waals surface area contributed by atoms with Crippen LogP contribution in [0.15, 0.2) is 51.8 Å². The molecule has 0 saturated heterocycles. The highest BCUT2D eigenvalue weighted by atomic mass is 32.2. The lowest BCUT2D eigenvalue weighted by molar-refractivity contribution is -0.170. The molecule has 5 rings (SSSR count). The predicted molar refractivity (Wildman–Crippen MR) is 117 cm³/mol. The van der Waals surface area contributed by atoms with Gasteiger partial charge < -0.3 is 4.42 Å². The number of nitrogens with one attached hydrogen (secondary N) is 1. The number of hydroxylamine groups is 2. The number of amides is 1. The van der Waals surface area contributed by atoms with Gasteiger partial charge in [0.05, 0.1) is 12.0 Å². The molecule has 7 nitrogen and oxygen atoms in total. The molecular weight excluding hydrogens is 416 g/mol. The third-order valence-electron chi connectivity index (χ3n) is 7.07. The van der Waals surface area contributed by atoms with E-state index in [0.29, 0.717) is 11.5 Å². The van der Waals surface area contributed by atoms with Gasteiger partial charge in [0.15, 0.2) is 0 Å². The van der Waals surface area contributed by atoms with E-state index >= 15 is 0 Å². The first-order valence-electron chi connectivity index (χ1n) is 10.6. The summed E-state index contributed by atoms with van der Waals surface area (Å²) in [4.78, 5) is 17.7. The predicted octanol–water partition coefficient (Wildman–Crippen LogP) is 3.69. The molecule has 1 aromatic heterocycles. The lowest BCUT2D eigenvalue weighted by atomic mass is 9.82. The van der Waals surface area contributed by atoms with Crippen molar-refractivity contribution in [3.8, 4) is 0 Å². The summed E-state index contributed by atoms with van der Waals surface area (Å²) in [5.74, 6) is 0.490. The van der Waals surface area contributed by atoms with Crippen LogP contribution >= 0.6 is 0 Å². The van der Waals surface area contributed by atoms with Gasteiger partial charge in [0, 0.05) is 30.3 Å². The zero-order valence-corrected chi connectivity index (χ0v) is 18.4. The van der Waals surface area contributed by atoms with Gasteiger partial charge in [-0.1, -0.05) is 18.2 Å². The van der Waals surface area contributed by atoms with Gasteiger partial charge in [-0.25, -0.2) is 18.2 Å². The van der Waals surface area contributed by atoms with E-state index in [0.717, 1.165) is 35.6 Å². The smallest absolute Gasteiger partial charge is 0.246 e. The highest BCUT2D eigenvalue weighted by Crippen LogP contribution is 2.50. The zero-order chi connectivity index (χ0) is 21.8. The maximum atomic E-state index is 13.3. The maximum absolute atomic E-state index is 13.3. The Morgan fingerprint density at radius 2 is 1.87 bits per heavy atom. The van der Waals surface area contributed by atoms with Crippen molar-refractivity contribution in [1.29, 1.82) is 0 Å². The van der Waals surface area contributed by atoms with Gasteiger partial charge in [-0.3, -0.25) is 9.63 Å². The molecule has 3 aromatic rings. The fourth-order valence-electron chi connectivity index (χ4n) is 5.44. The molecule has 2 aromatic carbocycles. The van der Waals surface area contributed by atoms with Gasteiger partial charge in [-0.05, 0) is 61.3 Å². The van der Waals surface area contributed by atoms with Gasteiger partial charge >= 0.3 is 0 Å². The van der Waals surface area contributed by atoms with Crippen molar-refractivity contribution in [3.05, 3.63) is 42.5 Å². The van der Waals surface area contributed by atoms with E-state index < -0.39 is 10.0 Å². The molecule has 0 aliphatic heterocycles. The topological polar surface area (TPSA) is 88.9 Å². The molecule has 2 saturated carbocycles. The van der Waals surface area contributed by atoms with Crippen LogP contribution in [-0.2, 0) is 19.7 Å². The Kier molecular flexibility index (Phi) is 5.03. The molecule has 1 amide bonds. The summed E-state index contributed by atoms with van der Waals surface area (Å²) in [5, 5.41) is 2.88. The second kappa shape index (κ2) is 7.62. The molecule has 8 heteroatoms. The molecule has 1 N–H and O–H groups in total. The van der Waals surface area contributed by atoms with Gasteiger partial charge in [-0.15, -0.1) is 0 Å². The van der Waals surface area contributed by atoms with Crippen LogP contribution in [0.1, 0.15) is 25.7 Å². The van der Waals surface area contributed by atoms with Crippen molar-refractivity contribution < 1.29 is 22.5 Å². The summed E-state index contributed by atoms with van der Waals surface area (Å²) in [6, 6.07) is 12.3. The summed E-state index contributed by atoms with van der Waals surface area (Å²) in [6.07, 6.45) is 3.29. The number of sulfonamides is 1. The third kappa shape index (κ3) is 3.52. The summed E-state index contributed by atoms with van der Waals surface area (Å²) in [5.41, 5.74) is 1.39. The van der Waals surface area contributed by atoms with Crippen LogP contribution in [0.3, 0.4) is 0 Å². The molecule has 0 spiro atoms. The van der Waals surface area contributed by atoms with E-state index in [9.17, 15) is 13.2 Å². The fraction of sp³-hybridized carbons (Fsp3) is 0.435. The van der Waals surface area contributed by atoms with Crippen molar-refractivity contribution in [2.24, 2.45) is 17.8 Å². The van der Waals surface area contributed by atoms with E-state index in [1.807, 2.05) is 24.3 Å². The van der Waals surface area contributed by atoms with Crippen LogP contribution in [0.2, 0.25) is 0 Å². The molecule has 0 radical (unpaired) electrons. The van der Waals surface area contributed by atoms with Crippen LogP contribution in [0.25, 0.3) is 21.9 Å². The molecule has 0 unspecified atom stereocenters. The van der Waals surface area contributed by atoms with Crippen molar-refractivity contribution in [3.63, 3.8) is 0 Å². The Morgan fingerprint density at radius 3 is 2.68 bits per heavy atom. The van der Waals surface area contributed by atoms with E-state index in [4.69, 9.17) is 9.25 Å². The molecule has 1 heterocycles. The minimum Gasteiger partial charge on any atom is -0.456 e. The summed E-state index contributed by atoms with van der Waals surface area (Å²) in [6.45, 7) is 0. The normalized spacial score (nSPS) is 25.5. The number of fused-ring (bicyclic) bond motifs is 5. The molecule has 31 heavy (non-hydrogen) atoms. The Morgan fingerprint density at radius 1 is 1.13 bits per heavy atom. The average molecular weight is 443 g/mol. The third-order valence-corrected chi connectivity index (χ3v) is 8.53. The highest BCUT2D eigenvalue weighted by Gasteiger charge is 2.49. The maximum Gasteiger partial charge on any atom is 0.246 e. The monoisotopic (exact) mass is 442 g/mol. The standard InChI is InChI=1S/C23H26N2O5S/c1-25(29-2)22(26)13-18-14-7-8-15(11-14)23(18)24-31(27,28)16-9-10-21-19(12-16)17-5-3-4-6-20(17)30-21/h3-6,9-10,12,14-15,18,23-24H,7-8,11,13H2,1-2H3/t14-,15+,18+,23+/m0/s1. The van der Waals surface area contributed by atoms with Crippen molar-refractivity contribution in [2.75, 3.05) is 14.2 Å². The van der Waals surface area contributed by atoms with Crippen LogP contribution in [0, 0.1) is 17.8 Å². The average Bonchev–Trinajstić information content (AvgIpc) is 3.46. The number of hydrogen-bond donors (Lipinski definition) is 1. The number of benzene rings is 2. The first-order valence-corrected chi connectivity index (χ1v) is 12.1. The van der Waals surface area contributed by atoms with E-state index in [1.165, 1.54) is 12.2 Å². The first-order chi connectivity index (χ1) is 14.9. The van der Waals surface area contributed by atoms with E-state index in [1.54, 1.807) is 25.2 Å². The number of carbonyl (C=O) groups is 1. The molecule has 2 aliphatic rings. The van der Waals surface area contributed by atoms with Crippen LogP contribution < -0.4 is 4.72 Å². The minimum absolute atomic E-state index is 0.0166. The lowest BCUT2D eigenvalue weighted by Gasteiger charge is -2.32. The highest BCUT2D eigenvalue weighted by molar-refractivity contribution is 7.89. The molecule has 4 atom stereocenters.